The number of nitrogens with one attached hydrogen (secondary N) is 2. The first kappa shape index (κ1) is 11.7. The first-order valence-electron chi connectivity index (χ1n) is 5.86. The zero-order valence-electron chi connectivity index (χ0n) is 10.2. The molecule has 1 aromatic rings. The Morgan fingerprint density at radius 3 is 3.06 bits per heavy atom. The van der Waals surface area contributed by atoms with Crippen LogP contribution < -0.4 is 15.5 Å². The van der Waals surface area contributed by atoms with Crippen LogP contribution in [-0.2, 0) is 4.79 Å². The van der Waals surface area contributed by atoms with Crippen molar-refractivity contribution < 1.29 is 4.79 Å². The number of amides is 1. The summed E-state index contributed by atoms with van der Waals surface area (Å²) >= 11 is 0. The zero-order valence-corrected chi connectivity index (χ0v) is 10.2. The molecule has 5 nitrogen and oxygen atoms in total. The molecule has 5 heteroatoms. The fourth-order valence-corrected chi connectivity index (χ4v) is 2.11. The van der Waals surface area contributed by atoms with Gasteiger partial charge in [-0.2, -0.15) is 0 Å². The van der Waals surface area contributed by atoms with Crippen molar-refractivity contribution in [3.63, 3.8) is 0 Å². The first-order chi connectivity index (χ1) is 8.19. The molecule has 0 bridgehead atoms. The predicted molar refractivity (Wildman–Crippen MR) is 68.2 cm³/mol. The van der Waals surface area contributed by atoms with E-state index in [4.69, 9.17) is 0 Å². The maximum atomic E-state index is 11.0. The van der Waals surface area contributed by atoms with Gasteiger partial charge in [0.25, 0.3) is 0 Å². The molecule has 17 heavy (non-hydrogen) atoms. The normalized spacial score (nSPS) is 19.2. The second kappa shape index (κ2) is 5.03. The summed E-state index contributed by atoms with van der Waals surface area (Å²) < 4.78 is 0. The van der Waals surface area contributed by atoms with E-state index in [1.807, 2.05) is 25.2 Å². The number of carbonyl (C=O) groups is 1. The van der Waals surface area contributed by atoms with Crippen LogP contribution >= 0.6 is 0 Å². The molecule has 0 spiro atoms. The van der Waals surface area contributed by atoms with Gasteiger partial charge in [-0.3, -0.25) is 4.79 Å². The van der Waals surface area contributed by atoms with E-state index in [2.05, 4.69) is 20.5 Å². The van der Waals surface area contributed by atoms with Crippen LogP contribution in [0.1, 0.15) is 13.3 Å². The van der Waals surface area contributed by atoms with Gasteiger partial charge in [0, 0.05) is 33.1 Å². The van der Waals surface area contributed by atoms with Crippen molar-refractivity contribution in [2.24, 2.45) is 0 Å². The summed E-state index contributed by atoms with van der Waals surface area (Å²) in [6, 6.07) is 6.16. The van der Waals surface area contributed by atoms with E-state index in [0.717, 1.165) is 31.1 Å². The molecule has 1 aliphatic heterocycles. The zero-order chi connectivity index (χ0) is 12.3. The van der Waals surface area contributed by atoms with Gasteiger partial charge in [0.1, 0.15) is 11.6 Å². The van der Waals surface area contributed by atoms with Crippen molar-refractivity contribution in [1.82, 2.24) is 10.3 Å². The summed E-state index contributed by atoms with van der Waals surface area (Å²) in [4.78, 5) is 17.7. The minimum absolute atomic E-state index is 0.0359. The number of anilines is 2. The van der Waals surface area contributed by atoms with Crippen molar-refractivity contribution in [3.05, 3.63) is 18.2 Å². The van der Waals surface area contributed by atoms with Crippen molar-refractivity contribution >= 4 is 17.5 Å². The highest BCUT2D eigenvalue weighted by atomic mass is 16.1. The largest absolute Gasteiger partial charge is 0.373 e. The molecule has 1 saturated heterocycles. The predicted octanol–water partition coefficient (Wildman–Crippen LogP) is 0.838. The van der Waals surface area contributed by atoms with Gasteiger partial charge in [0.2, 0.25) is 5.91 Å². The number of hydrogen-bond donors (Lipinski definition) is 2. The monoisotopic (exact) mass is 234 g/mol. The minimum atomic E-state index is 0.0359. The molecule has 2 heterocycles. The van der Waals surface area contributed by atoms with E-state index in [-0.39, 0.29) is 11.9 Å². The van der Waals surface area contributed by atoms with E-state index in [0.29, 0.717) is 0 Å². The number of nitrogens with zero attached hydrogens (tertiary/aromatic N) is 2. The molecule has 0 aromatic carbocycles. The maximum absolute atomic E-state index is 11.0. The van der Waals surface area contributed by atoms with Gasteiger partial charge in [-0.05, 0) is 18.6 Å². The third-order valence-electron chi connectivity index (χ3n) is 2.91. The first-order valence-corrected chi connectivity index (χ1v) is 5.86. The summed E-state index contributed by atoms with van der Waals surface area (Å²) in [5, 5.41) is 5.97. The molecule has 1 aliphatic rings. The third-order valence-corrected chi connectivity index (χ3v) is 2.91. The Bertz CT molecular complexity index is 407. The molecule has 1 amide bonds. The summed E-state index contributed by atoms with van der Waals surface area (Å²) in [5.74, 6) is 1.86. The molecule has 2 rings (SSSR count). The van der Waals surface area contributed by atoms with Crippen molar-refractivity contribution in [1.29, 1.82) is 0 Å². The lowest BCUT2D eigenvalue weighted by Crippen LogP contribution is -2.35. The van der Waals surface area contributed by atoms with Crippen molar-refractivity contribution in [3.8, 4) is 0 Å². The average Bonchev–Trinajstić information content (AvgIpc) is 2.77. The van der Waals surface area contributed by atoms with E-state index in [9.17, 15) is 4.79 Å². The fourth-order valence-electron chi connectivity index (χ4n) is 2.11. The van der Waals surface area contributed by atoms with E-state index in [1.165, 1.54) is 0 Å². The van der Waals surface area contributed by atoms with Gasteiger partial charge in [-0.15, -0.1) is 0 Å². The molecule has 2 N–H and O–H groups in total. The number of aromatic nitrogens is 1. The number of pyridine rings is 1. The van der Waals surface area contributed by atoms with Crippen LogP contribution in [-0.4, -0.2) is 37.1 Å². The van der Waals surface area contributed by atoms with E-state index >= 15 is 0 Å². The van der Waals surface area contributed by atoms with Gasteiger partial charge in [-0.1, -0.05) is 6.07 Å². The number of carbonyl (C=O) groups excluding carboxylic acids is 1. The summed E-state index contributed by atoms with van der Waals surface area (Å²) in [6.07, 6.45) is 0.977. The standard InChI is InChI=1S/C12H18N4O/c1-9(17)14-10-6-7-16(8-10)12-5-3-4-11(13-2)15-12/h3-5,10H,6-8H2,1-2H3,(H,13,15)(H,14,17). The summed E-state index contributed by atoms with van der Waals surface area (Å²) in [7, 11) is 1.86. The van der Waals surface area contributed by atoms with Crippen LogP contribution in [0.3, 0.4) is 0 Å². The maximum Gasteiger partial charge on any atom is 0.217 e. The SMILES string of the molecule is CNc1cccc(N2CCC(NC(C)=O)C2)n1. The lowest BCUT2D eigenvalue weighted by atomic mass is 10.3. The molecule has 1 unspecified atom stereocenters. The second-order valence-electron chi connectivity index (χ2n) is 4.26. The van der Waals surface area contributed by atoms with Crippen LogP contribution in [0, 0.1) is 0 Å². The highest BCUT2D eigenvalue weighted by molar-refractivity contribution is 5.73. The Kier molecular flexibility index (Phi) is 3.46. The fraction of sp³-hybridized carbons (Fsp3) is 0.500. The van der Waals surface area contributed by atoms with Gasteiger partial charge in [0.05, 0.1) is 0 Å². The van der Waals surface area contributed by atoms with Gasteiger partial charge >= 0.3 is 0 Å². The lowest BCUT2D eigenvalue weighted by molar-refractivity contribution is -0.119. The van der Waals surface area contributed by atoms with Crippen LogP contribution in [0.15, 0.2) is 18.2 Å². The van der Waals surface area contributed by atoms with E-state index < -0.39 is 0 Å². The molecular formula is C12H18N4O. The van der Waals surface area contributed by atoms with E-state index in [1.54, 1.807) is 6.92 Å². The minimum Gasteiger partial charge on any atom is -0.373 e. The molecular weight excluding hydrogens is 216 g/mol. The lowest BCUT2D eigenvalue weighted by Gasteiger charge is -2.18. The van der Waals surface area contributed by atoms with Gasteiger partial charge in [-0.25, -0.2) is 4.98 Å². The number of hydrogen-bond acceptors (Lipinski definition) is 4. The topological polar surface area (TPSA) is 57.3 Å². The molecule has 1 aromatic heterocycles. The van der Waals surface area contributed by atoms with Crippen LogP contribution in [0.2, 0.25) is 0 Å². The number of rotatable bonds is 3. The Morgan fingerprint density at radius 1 is 1.53 bits per heavy atom. The Balaban J connectivity index is 2.01. The van der Waals surface area contributed by atoms with Gasteiger partial charge in [0.15, 0.2) is 0 Å². The molecule has 0 aliphatic carbocycles. The molecule has 0 radical (unpaired) electrons. The van der Waals surface area contributed by atoms with Gasteiger partial charge < -0.3 is 15.5 Å². The smallest absolute Gasteiger partial charge is 0.217 e. The van der Waals surface area contributed by atoms with Crippen molar-refractivity contribution in [2.45, 2.75) is 19.4 Å². The Hall–Kier alpha value is -1.78. The summed E-state index contributed by atoms with van der Waals surface area (Å²) in [6.45, 7) is 3.33. The molecule has 92 valence electrons. The van der Waals surface area contributed by atoms with Crippen LogP contribution in [0.4, 0.5) is 11.6 Å². The Morgan fingerprint density at radius 2 is 2.35 bits per heavy atom. The molecule has 1 atom stereocenters. The Labute approximate surface area is 101 Å². The van der Waals surface area contributed by atoms with Crippen molar-refractivity contribution in [2.75, 3.05) is 30.4 Å². The highest BCUT2D eigenvalue weighted by Crippen LogP contribution is 2.19. The third kappa shape index (κ3) is 2.87. The quantitative estimate of drug-likeness (QED) is 0.813. The van der Waals surface area contributed by atoms with Crippen LogP contribution in [0.5, 0.6) is 0 Å². The molecule has 1 fully saturated rings. The van der Waals surface area contributed by atoms with Crippen LogP contribution in [0.25, 0.3) is 0 Å². The average molecular weight is 234 g/mol. The summed E-state index contributed by atoms with van der Waals surface area (Å²) in [5.41, 5.74) is 0. The molecule has 0 saturated carbocycles. The second-order valence-corrected chi connectivity index (χ2v) is 4.26. The highest BCUT2D eigenvalue weighted by Gasteiger charge is 2.23.